The number of carbonyl (C=O) groups is 1. The first-order chi connectivity index (χ1) is 11.4. The highest BCUT2D eigenvalue weighted by Crippen LogP contribution is 2.18. The van der Waals surface area contributed by atoms with Gasteiger partial charge >= 0.3 is 0 Å². The summed E-state index contributed by atoms with van der Waals surface area (Å²) in [5, 5.41) is 2.79. The van der Waals surface area contributed by atoms with Crippen LogP contribution in [0.3, 0.4) is 0 Å². The number of anilines is 1. The standard InChI is InChI=1S/C17H19N3O3S/c1-3-11-20(24(2,22)23)16-8-6-15(7-9-16)17(21)19-13-14-5-4-10-18-12-14/h3-10,12H,1,11,13H2,2H3,(H,19,21). The minimum atomic E-state index is -3.40. The molecule has 1 N–H and O–H groups in total. The lowest BCUT2D eigenvalue weighted by molar-refractivity contribution is 0.0951. The van der Waals surface area contributed by atoms with Crippen molar-refractivity contribution in [2.75, 3.05) is 17.1 Å². The number of nitrogens with zero attached hydrogens (tertiary/aromatic N) is 2. The fourth-order valence-corrected chi connectivity index (χ4v) is 3.00. The van der Waals surface area contributed by atoms with Gasteiger partial charge in [-0.1, -0.05) is 12.1 Å². The van der Waals surface area contributed by atoms with E-state index in [-0.39, 0.29) is 12.5 Å². The Hall–Kier alpha value is -2.67. The number of hydrogen-bond donors (Lipinski definition) is 1. The SMILES string of the molecule is C=CCN(c1ccc(C(=O)NCc2cccnc2)cc1)S(C)(=O)=O. The number of nitrogens with one attached hydrogen (secondary N) is 1. The number of benzene rings is 1. The minimum absolute atomic E-state index is 0.172. The lowest BCUT2D eigenvalue weighted by Gasteiger charge is -2.20. The van der Waals surface area contributed by atoms with Gasteiger partial charge in [-0.15, -0.1) is 6.58 Å². The molecule has 0 aliphatic carbocycles. The molecule has 0 saturated carbocycles. The molecule has 0 radical (unpaired) electrons. The molecule has 1 aromatic carbocycles. The van der Waals surface area contributed by atoms with Crippen molar-refractivity contribution in [3.8, 4) is 0 Å². The molecule has 0 spiro atoms. The monoisotopic (exact) mass is 345 g/mol. The third kappa shape index (κ3) is 4.66. The molecule has 0 unspecified atom stereocenters. The van der Waals surface area contributed by atoms with Crippen LogP contribution in [0.2, 0.25) is 0 Å². The lowest BCUT2D eigenvalue weighted by atomic mass is 10.2. The predicted molar refractivity (Wildman–Crippen MR) is 94.2 cm³/mol. The molecule has 126 valence electrons. The van der Waals surface area contributed by atoms with Gasteiger partial charge in [-0.25, -0.2) is 8.42 Å². The first-order valence-corrected chi connectivity index (χ1v) is 9.12. The van der Waals surface area contributed by atoms with Crippen LogP contribution in [0.4, 0.5) is 5.69 Å². The number of rotatable bonds is 7. The zero-order chi connectivity index (χ0) is 17.6. The maximum atomic E-state index is 12.1. The number of pyridine rings is 1. The van der Waals surface area contributed by atoms with Crippen molar-refractivity contribution >= 4 is 21.6 Å². The predicted octanol–water partition coefficient (Wildman–Crippen LogP) is 1.96. The lowest BCUT2D eigenvalue weighted by Crippen LogP contribution is -2.30. The van der Waals surface area contributed by atoms with E-state index in [1.807, 2.05) is 6.07 Å². The van der Waals surface area contributed by atoms with Crippen LogP contribution < -0.4 is 9.62 Å². The second kappa shape index (κ2) is 7.74. The van der Waals surface area contributed by atoms with Gasteiger partial charge in [-0.2, -0.15) is 0 Å². The first kappa shape index (κ1) is 17.7. The molecule has 0 saturated heterocycles. The van der Waals surface area contributed by atoms with Crippen molar-refractivity contribution in [2.45, 2.75) is 6.54 Å². The van der Waals surface area contributed by atoms with E-state index in [1.165, 1.54) is 10.4 Å². The van der Waals surface area contributed by atoms with Crippen molar-refractivity contribution < 1.29 is 13.2 Å². The fraction of sp³-hybridized carbons (Fsp3) is 0.176. The van der Waals surface area contributed by atoms with Gasteiger partial charge in [0.25, 0.3) is 5.91 Å². The van der Waals surface area contributed by atoms with Crippen LogP contribution in [-0.4, -0.2) is 32.1 Å². The first-order valence-electron chi connectivity index (χ1n) is 7.27. The summed E-state index contributed by atoms with van der Waals surface area (Å²) in [4.78, 5) is 16.1. The Balaban J connectivity index is 2.08. The zero-order valence-corrected chi connectivity index (χ0v) is 14.2. The summed E-state index contributed by atoms with van der Waals surface area (Å²) in [6, 6.07) is 10.1. The minimum Gasteiger partial charge on any atom is -0.348 e. The van der Waals surface area contributed by atoms with Crippen molar-refractivity contribution in [3.63, 3.8) is 0 Å². The van der Waals surface area contributed by atoms with Gasteiger partial charge < -0.3 is 5.32 Å². The highest BCUT2D eigenvalue weighted by atomic mass is 32.2. The van der Waals surface area contributed by atoms with Crippen LogP contribution in [0.1, 0.15) is 15.9 Å². The van der Waals surface area contributed by atoms with Crippen molar-refractivity contribution in [3.05, 3.63) is 72.6 Å². The molecule has 2 aromatic rings. The average molecular weight is 345 g/mol. The van der Waals surface area contributed by atoms with E-state index >= 15 is 0 Å². The Morgan fingerprint density at radius 3 is 2.54 bits per heavy atom. The molecule has 24 heavy (non-hydrogen) atoms. The molecule has 1 heterocycles. The van der Waals surface area contributed by atoms with Crippen LogP contribution in [-0.2, 0) is 16.6 Å². The number of hydrogen-bond acceptors (Lipinski definition) is 4. The third-order valence-corrected chi connectivity index (χ3v) is 4.45. The second-order valence-corrected chi connectivity index (χ2v) is 7.08. The van der Waals surface area contributed by atoms with Crippen molar-refractivity contribution in [1.29, 1.82) is 0 Å². The molecule has 7 heteroatoms. The summed E-state index contributed by atoms with van der Waals surface area (Å²) >= 11 is 0. The smallest absolute Gasteiger partial charge is 0.251 e. The topological polar surface area (TPSA) is 79.4 Å². The van der Waals surface area contributed by atoms with E-state index in [0.717, 1.165) is 11.8 Å². The fourth-order valence-electron chi connectivity index (χ4n) is 2.12. The molecule has 2 rings (SSSR count). The van der Waals surface area contributed by atoms with Gasteiger partial charge in [0.1, 0.15) is 0 Å². The quantitative estimate of drug-likeness (QED) is 0.778. The van der Waals surface area contributed by atoms with Crippen molar-refractivity contribution in [2.24, 2.45) is 0 Å². The van der Waals surface area contributed by atoms with Crippen LogP contribution in [0.5, 0.6) is 0 Å². The van der Waals surface area contributed by atoms with Crippen LogP contribution in [0.25, 0.3) is 0 Å². The summed E-state index contributed by atoms with van der Waals surface area (Å²) in [6.07, 6.45) is 5.99. The van der Waals surface area contributed by atoms with E-state index in [2.05, 4.69) is 16.9 Å². The van der Waals surface area contributed by atoms with Gasteiger partial charge in [0.05, 0.1) is 18.5 Å². The highest BCUT2D eigenvalue weighted by molar-refractivity contribution is 7.92. The largest absolute Gasteiger partial charge is 0.348 e. The Bertz CT molecular complexity index is 803. The van der Waals surface area contributed by atoms with Gasteiger partial charge in [-0.05, 0) is 35.9 Å². The molecular weight excluding hydrogens is 326 g/mol. The molecular formula is C17H19N3O3S. The molecule has 0 fully saturated rings. The van der Waals surface area contributed by atoms with E-state index in [4.69, 9.17) is 0 Å². The summed E-state index contributed by atoms with van der Waals surface area (Å²) in [5.74, 6) is -0.236. The molecule has 0 atom stereocenters. The van der Waals surface area contributed by atoms with E-state index < -0.39 is 10.0 Å². The van der Waals surface area contributed by atoms with E-state index in [0.29, 0.717) is 17.8 Å². The molecule has 0 aliphatic rings. The molecule has 1 amide bonds. The number of amides is 1. The number of sulfonamides is 1. The van der Waals surface area contributed by atoms with Gasteiger partial charge in [-0.3, -0.25) is 14.1 Å². The maximum Gasteiger partial charge on any atom is 0.251 e. The summed E-state index contributed by atoms with van der Waals surface area (Å²) in [7, 11) is -3.40. The Kier molecular flexibility index (Phi) is 5.70. The van der Waals surface area contributed by atoms with Gasteiger partial charge in [0.15, 0.2) is 0 Å². The summed E-state index contributed by atoms with van der Waals surface area (Å²) in [5.41, 5.74) is 1.84. The van der Waals surface area contributed by atoms with Crippen LogP contribution >= 0.6 is 0 Å². The molecule has 0 bridgehead atoms. The van der Waals surface area contributed by atoms with Crippen LogP contribution in [0, 0.1) is 0 Å². The highest BCUT2D eigenvalue weighted by Gasteiger charge is 2.16. The Labute approximate surface area is 141 Å². The van der Waals surface area contributed by atoms with Gasteiger partial charge in [0.2, 0.25) is 10.0 Å². The van der Waals surface area contributed by atoms with Gasteiger partial charge in [0, 0.05) is 24.5 Å². The molecule has 6 nitrogen and oxygen atoms in total. The van der Waals surface area contributed by atoms with E-state index in [9.17, 15) is 13.2 Å². The molecule has 1 aromatic heterocycles. The Morgan fingerprint density at radius 1 is 1.29 bits per heavy atom. The summed E-state index contributed by atoms with van der Waals surface area (Å²) < 4.78 is 24.8. The maximum absolute atomic E-state index is 12.1. The number of carbonyl (C=O) groups excluding carboxylic acids is 1. The summed E-state index contributed by atoms with van der Waals surface area (Å²) in [6.45, 7) is 4.11. The molecule has 0 aliphatic heterocycles. The third-order valence-electron chi connectivity index (χ3n) is 3.29. The zero-order valence-electron chi connectivity index (χ0n) is 13.3. The van der Waals surface area contributed by atoms with Crippen LogP contribution in [0.15, 0.2) is 61.4 Å². The average Bonchev–Trinajstić information content (AvgIpc) is 2.57. The second-order valence-electron chi connectivity index (χ2n) is 5.17. The number of aromatic nitrogens is 1. The van der Waals surface area contributed by atoms with Crippen molar-refractivity contribution in [1.82, 2.24) is 10.3 Å². The Morgan fingerprint density at radius 2 is 2.00 bits per heavy atom. The van der Waals surface area contributed by atoms with E-state index in [1.54, 1.807) is 42.7 Å². The normalized spacial score (nSPS) is 10.9.